The van der Waals surface area contributed by atoms with E-state index in [-0.39, 0.29) is 17.6 Å². The van der Waals surface area contributed by atoms with Gasteiger partial charge in [-0.1, -0.05) is 6.92 Å². The minimum atomic E-state index is -0.469. The second-order valence-electron chi connectivity index (χ2n) is 4.04. The number of rotatable bonds is 4. The molecule has 0 radical (unpaired) electrons. The van der Waals surface area contributed by atoms with Crippen LogP contribution in [-0.2, 0) is 0 Å². The highest BCUT2D eigenvalue weighted by Crippen LogP contribution is 2.17. The Balaban J connectivity index is 2.92. The van der Waals surface area contributed by atoms with Crippen molar-refractivity contribution < 1.29 is 9.72 Å². The van der Waals surface area contributed by atoms with Crippen molar-refractivity contribution >= 4 is 11.6 Å². The first-order valence-electron chi connectivity index (χ1n) is 5.51. The SMILES string of the molecule is CCC(C)NC(=O)c1ccc([N+](=O)[O-])cc1C. The van der Waals surface area contributed by atoms with Crippen LogP contribution < -0.4 is 5.32 Å². The molecule has 1 atom stereocenters. The van der Waals surface area contributed by atoms with Crippen LogP contribution in [0.2, 0.25) is 0 Å². The number of carbonyl (C=O) groups excluding carboxylic acids is 1. The summed E-state index contributed by atoms with van der Waals surface area (Å²) in [5.41, 5.74) is 1.10. The van der Waals surface area contributed by atoms with Gasteiger partial charge in [0.25, 0.3) is 11.6 Å². The quantitative estimate of drug-likeness (QED) is 0.644. The summed E-state index contributed by atoms with van der Waals surface area (Å²) in [6.07, 6.45) is 0.845. The van der Waals surface area contributed by atoms with Crippen molar-refractivity contribution in [2.24, 2.45) is 0 Å². The Hall–Kier alpha value is -1.91. The first-order valence-corrected chi connectivity index (χ1v) is 5.51. The number of hydrogen-bond acceptors (Lipinski definition) is 3. The Bertz CT molecular complexity index is 443. The normalized spacial score (nSPS) is 11.9. The molecule has 5 nitrogen and oxygen atoms in total. The molecule has 0 heterocycles. The summed E-state index contributed by atoms with van der Waals surface area (Å²) in [6, 6.07) is 4.34. The zero-order chi connectivity index (χ0) is 13.0. The highest BCUT2D eigenvalue weighted by Gasteiger charge is 2.14. The topological polar surface area (TPSA) is 72.2 Å². The Kier molecular flexibility index (Phi) is 4.20. The van der Waals surface area contributed by atoms with E-state index in [0.717, 1.165) is 6.42 Å². The maximum Gasteiger partial charge on any atom is 0.269 e. The molecule has 1 aromatic carbocycles. The molecule has 0 spiro atoms. The predicted molar refractivity (Wildman–Crippen MR) is 65.1 cm³/mol. The number of nitrogens with one attached hydrogen (secondary N) is 1. The molecule has 1 aromatic rings. The highest BCUT2D eigenvalue weighted by molar-refractivity contribution is 5.96. The molecule has 1 N–H and O–H groups in total. The van der Waals surface area contributed by atoms with Gasteiger partial charge in [0.05, 0.1) is 4.92 Å². The molecule has 17 heavy (non-hydrogen) atoms. The van der Waals surface area contributed by atoms with Gasteiger partial charge in [0, 0.05) is 23.7 Å². The number of carbonyl (C=O) groups is 1. The fourth-order valence-corrected chi connectivity index (χ4v) is 1.42. The third-order valence-corrected chi connectivity index (χ3v) is 2.66. The zero-order valence-electron chi connectivity index (χ0n) is 10.2. The van der Waals surface area contributed by atoms with Gasteiger partial charge in [-0.25, -0.2) is 0 Å². The molecule has 0 aliphatic carbocycles. The fourth-order valence-electron chi connectivity index (χ4n) is 1.42. The molecule has 1 unspecified atom stereocenters. The van der Waals surface area contributed by atoms with Gasteiger partial charge in [0.1, 0.15) is 0 Å². The predicted octanol–water partition coefficient (Wildman–Crippen LogP) is 2.43. The van der Waals surface area contributed by atoms with Crippen molar-refractivity contribution in [3.8, 4) is 0 Å². The monoisotopic (exact) mass is 236 g/mol. The molecule has 1 rings (SSSR count). The lowest BCUT2D eigenvalue weighted by molar-refractivity contribution is -0.384. The van der Waals surface area contributed by atoms with Crippen LogP contribution in [0.5, 0.6) is 0 Å². The number of nitrogens with zero attached hydrogens (tertiary/aromatic N) is 1. The molecule has 1 amide bonds. The Morgan fingerprint density at radius 3 is 2.65 bits per heavy atom. The summed E-state index contributed by atoms with van der Waals surface area (Å²) >= 11 is 0. The minimum absolute atomic E-state index is 0.00240. The van der Waals surface area contributed by atoms with Gasteiger partial charge < -0.3 is 5.32 Å². The standard InChI is InChI=1S/C12H16N2O3/c1-4-9(3)13-12(15)11-6-5-10(14(16)17)7-8(11)2/h5-7,9H,4H2,1-3H3,(H,13,15). The van der Waals surface area contributed by atoms with E-state index < -0.39 is 4.92 Å². The molecule has 0 fully saturated rings. The van der Waals surface area contributed by atoms with Crippen molar-refractivity contribution in [2.75, 3.05) is 0 Å². The Morgan fingerprint density at radius 1 is 1.53 bits per heavy atom. The maximum absolute atomic E-state index is 11.8. The smallest absolute Gasteiger partial charge is 0.269 e. The molecule has 0 saturated carbocycles. The third kappa shape index (κ3) is 3.27. The Labute approximate surface area is 100.0 Å². The van der Waals surface area contributed by atoms with E-state index in [1.807, 2.05) is 13.8 Å². The van der Waals surface area contributed by atoms with Crippen molar-refractivity contribution in [1.29, 1.82) is 0 Å². The molecule has 0 aliphatic heterocycles. The van der Waals surface area contributed by atoms with E-state index >= 15 is 0 Å². The number of nitro benzene ring substituents is 1. The molecule has 5 heteroatoms. The second-order valence-corrected chi connectivity index (χ2v) is 4.04. The van der Waals surface area contributed by atoms with Crippen LogP contribution >= 0.6 is 0 Å². The molecular weight excluding hydrogens is 220 g/mol. The van der Waals surface area contributed by atoms with Crippen LogP contribution in [0.15, 0.2) is 18.2 Å². The number of non-ortho nitro benzene ring substituents is 1. The number of nitro groups is 1. The summed E-state index contributed by atoms with van der Waals surface area (Å²) in [6.45, 7) is 5.59. The number of aryl methyl sites for hydroxylation is 1. The number of amides is 1. The van der Waals surface area contributed by atoms with Crippen LogP contribution in [-0.4, -0.2) is 16.9 Å². The molecule has 0 saturated heterocycles. The summed E-state index contributed by atoms with van der Waals surface area (Å²) in [4.78, 5) is 21.9. The highest BCUT2D eigenvalue weighted by atomic mass is 16.6. The average Bonchev–Trinajstić information content (AvgIpc) is 2.28. The van der Waals surface area contributed by atoms with Crippen LogP contribution in [0.3, 0.4) is 0 Å². The van der Waals surface area contributed by atoms with E-state index in [0.29, 0.717) is 11.1 Å². The van der Waals surface area contributed by atoms with Crippen molar-refractivity contribution in [1.82, 2.24) is 5.32 Å². The van der Waals surface area contributed by atoms with Crippen molar-refractivity contribution in [2.45, 2.75) is 33.2 Å². The largest absolute Gasteiger partial charge is 0.350 e. The molecular formula is C12H16N2O3. The van der Waals surface area contributed by atoms with Gasteiger partial charge in [-0.3, -0.25) is 14.9 Å². The van der Waals surface area contributed by atoms with Gasteiger partial charge in [0.15, 0.2) is 0 Å². The maximum atomic E-state index is 11.8. The van der Waals surface area contributed by atoms with E-state index in [9.17, 15) is 14.9 Å². The van der Waals surface area contributed by atoms with Crippen molar-refractivity contribution in [3.05, 3.63) is 39.4 Å². The lowest BCUT2D eigenvalue weighted by Crippen LogP contribution is -2.32. The van der Waals surface area contributed by atoms with Crippen LogP contribution in [0.1, 0.15) is 36.2 Å². The van der Waals surface area contributed by atoms with Crippen LogP contribution in [0.25, 0.3) is 0 Å². The van der Waals surface area contributed by atoms with Crippen LogP contribution in [0.4, 0.5) is 5.69 Å². The molecule has 0 aromatic heterocycles. The molecule has 0 aliphatic rings. The zero-order valence-corrected chi connectivity index (χ0v) is 10.2. The van der Waals surface area contributed by atoms with Gasteiger partial charge in [-0.15, -0.1) is 0 Å². The third-order valence-electron chi connectivity index (χ3n) is 2.66. The van der Waals surface area contributed by atoms with Gasteiger partial charge >= 0.3 is 0 Å². The van der Waals surface area contributed by atoms with Crippen molar-refractivity contribution in [3.63, 3.8) is 0 Å². The summed E-state index contributed by atoms with van der Waals surface area (Å²) in [5, 5.41) is 13.4. The summed E-state index contributed by atoms with van der Waals surface area (Å²) in [7, 11) is 0. The lowest BCUT2D eigenvalue weighted by Gasteiger charge is -2.12. The molecule has 92 valence electrons. The van der Waals surface area contributed by atoms with E-state index in [1.165, 1.54) is 18.2 Å². The minimum Gasteiger partial charge on any atom is -0.350 e. The van der Waals surface area contributed by atoms with Gasteiger partial charge in [0.2, 0.25) is 0 Å². The summed E-state index contributed by atoms with van der Waals surface area (Å²) < 4.78 is 0. The van der Waals surface area contributed by atoms with E-state index in [4.69, 9.17) is 0 Å². The van der Waals surface area contributed by atoms with E-state index in [2.05, 4.69) is 5.32 Å². The molecule has 0 bridgehead atoms. The van der Waals surface area contributed by atoms with E-state index in [1.54, 1.807) is 6.92 Å². The van der Waals surface area contributed by atoms with Crippen LogP contribution in [0, 0.1) is 17.0 Å². The van der Waals surface area contributed by atoms with Gasteiger partial charge in [-0.05, 0) is 31.9 Å². The Morgan fingerprint density at radius 2 is 2.18 bits per heavy atom. The summed E-state index contributed by atoms with van der Waals surface area (Å²) in [5.74, 6) is -0.188. The first kappa shape index (κ1) is 13.2. The van der Waals surface area contributed by atoms with Gasteiger partial charge in [-0.2, -0.15) is 0 Å². The first-order chi connectivity index (χ1) is 7.95. The number of hydrogen-bond donors (Lipinski definition) is 1. The second kappa shape index (κ2) is 5.43. The fraction of sp³-hybridized carbons (Fsp3) is 0.417. The average molecular weight is 236 g/mol. The number of benzene rings is 1. The lowest BCUT2D eigenvalue weighted by atomic mass is 10.1.